The average Bonchev–Trinajstić information content (AvgIpc) is 2.56. The standard InChI is InChI=1S/C17H18ClFN2O3S/c1-21(2)25(23,24)14-7-3-12(4-8-14)5-10-17(22)20-13-6-9-16(19)15(18)11-13/h3-4,6-9,11H,5,10H2,1-2H3,(H,20,22). The van der Waals surface area contributed by atoms with E-state index in [1.807, 2.05) is 0 Å². The third-order valence-electron chi connectivity index (χ3n) is 3.55. The number of aryl methyl sites for hydroxylation is 1. The van der Waals surface area contributed by atoms with E-state index in [-0.39, 0.29) is 22.2 Å². The molecular formula is C17H18ClFN2O3S. The zero-order chi connectivity index (χ0) is 18.6. The smallest absolute Gasteiger partial charge is 0.242 e. The highest BCUT2D eigenvalue weighted by atomic mass is 35.5. The second kappa shape index (κ2) is 7.95. The Morgan fingerprint density at radius 3 is 2.36 bits per heavy atom. The van der Waals surface area contributed by atoms with Gasteiger partial charge in [-0.1, -0.05) is 23.7 Å². The number of rotatable bonds is 6. The number of hydrogen-bond acceptors (Lipinski definition) is 3. The minimum absolute atomic E-state index is 0.0597. The van der Waals surface area contributed by atoms with Crippen LogP contribution in [-0.2, 0) is 21.2 Å². The summed E-state index contributed by atoms with van der Waals surface area (Å²) in [6.07, 6.45) is 0.651. The van der Waals surface area contributed by atoms with Crippen LogP contribution in [0.1, 0.15) is 12.0 Å². The fourth-order valence-electron chi connectivity index (χ4n) is 2.09. The molecule has 0 saturated heterocycles. The summed E-state index contributed by atoms with van der Waals surface area (Å²) in [6, 6.07) is 10.3. The third-order valence-corrected chi connectivity index (χ3v) is 5.66. The predicted octanol–water partition coefficient (Wildman–Crippen LogP) is 3.30. The Morgan fingerprint density at radius 2 is 1.80 bits per heavy atom. The molecule has 1 amide bonds. The minimum Gasteiger partial charge on any atom is -0.326 e. The van der Waals surface area contributed by atoms with Gasteiger partial charge in [-0.25, -0.2) is 17.1 Å². The Morgan fingerprint density at radius 1 is 1.16 bits per heavy atom. The number of anilines is 1. The van der Waals surface area contributed by atoms with Gasteiger partial charge in [0.1, 0.15) is 5.82 Å². The maximum atomic E-state index is 13.1. The van der Waals surface area contributed by atoms with Gasteiger partial charge in [-0.2, -0.15) is 0 Å². The summed E-state index contributed by atoms with van der Waals surface area (Å²) in [4.78, 5) is 12.1. The molecule has 8 heteroatoms. The molecule has 0 unspecified atom stereocenters. The van der Waals surface area contributed by atoms with Crippen LogP contribution in [-0.4, -0.2) is 32.7 Å². The molecule has 0 aliphatic rings. The number of halogens is 2. The van der Waals surface area contributed by atoms with Gasteiger partial charge in [0.25, 0.3) is 0 Å². The number of amides is 1. The molecule has 0 aliphatic carbocycles. The second-order valence-corrected chi connectivity index (χ2v) is 8.17. The second-order valence-electron chi connectivity index (χ2n) is 5.61. The number of benzene rings is 2. The van der Waals surface area contributed by atoms with E-state index in [0.717, 1.165) is 9.87 Å². The number of carbonyl (C=O) groups excluding carboxylic acids is 1. The molecule has 5 nitrogen and oxygen atoms in total. The molecule has 2 aromatic carbocycles. The fourth-order valence-corrected chi connectivity index (χ4v) is 3.18. The molecule has 134 valence electrons. The number of nitrogens with one attached hydrogen (secondary N) is 1. The van der Waals surface area contributed by atoms with Gasteiger partial charge in [0.05, 0.1) is 9.92 Å². The quantitative estimate of drug-likeness (QED) is 0.830. The summed E-state index contributed by atoms with van der Waals surface area (Å²) in [7, 11) is -0.527. The van der Waals surface area contributed by atoms with Crippen molar-refractivity contribution >= 4 is 33.2 Å². The highest BCUT2D eigenvalue weighted by Gasteiger charge is 2.16. The Labute approximate surface area is 151 Å². The van der Waals surface area contributed by atoms with Crippen LogP contribution in [0.2, 0.25) is 5.02 Å². The van der Waals surface area contributed by atoms with Crippen LogP contribution in [0.4, 0.5) is 10.1 Å². The van der Waals surface area contributed by atoms with Crippen LogP contribution in [0.25, 0.3) is 0 Å². The van der Waals surface area contributed by atoms with Crippen LogP contribution in [0.5, 0.6) is 0 Å². The van der Waals surface area contributed by atoms with Gasteiger partial charge in [0.2, 0.25) is 15.9 Å². The molecule has 0 aromatic heterocycles. The van der Waals surface area contributed by atoms with Crippen molar-refractivity contribution in [1.29, 1.82) is 0 Å². The van der Waals surface area contributed by atoms with Crippen LogP contribution < -0.4 is 5.32 Å². The highest BCUT2D eigenvalue weighted by molar-refractivity contribution is 7.89. The molecular weight excluding hydrogens is 367 g/mol. The molecule has 0 radical (unpaired) electrons. The fraction of sp³-hybridized carbons (Fsp3) is 0.235. The van der Waals surface area contributed by atoms with Gasteiger partial charge in [-0.3, -0.25) is 4.79 Å². The van der Waals surface area contributed by atoms with E-state index >= 15 is 0 Å². The molecule has 0 atom stereocenters. The molecule has 0 fully saturated rings. The Bertz CT molecular complexity index is 868. The number of sulfonamides is 1. The van der Waals surface area contributed by atoms with Gasteiger partial charge in [-0.15, -0.1) is 0 Å². The normalized spacial score (nSPS) is 11.6. The Kier molecular flexibility index (Phi) is 6.16. The molecule has 2 aromatic rings. The first-order valence-electron chi connectivity index (χ1n) is 7.46. The van der Waals surface area contributed by atoms with E-state index in [4.69, 9.17) is 11.6 Å². The molecule has 0 saturated carbocycles. The lowest BCUT2D eigenvalue weighted by atomic mass is 10.1. The van der Waals surface area contributed by atoms with Crippen molar-refractivity contribution in [1.82, 2.24) is 4.31 Å². The van der Waals surface area contributed by atoms with Crippen LogP contribution in [0.15, 0.2) is 47.4 Å². The highest BCUT2D eigenvalue weighted by Crippen LogP contribution is 2.20. The van der Waals surface area contributed by atoms with E-state index in [1.54, 1.807) is 12.1 Å². The van der Waals surface area contributed by atoms with E-state index in [2.05, 4.69) is 5.32 Å². The maximum Gasteiger partial charge on any atom is 0.242 e. The average molecular weight is 385 g/mol. The summed E-state index contributed by atoms with van der Waals surface area (Å²) in [6.45, 7) is 0. The first kappa shape index (κ1) is 19.4. The van der Waals surface area contributed by atoms with Crippen LogP contribution in [0.3, 0.4) is 0 Å². The first-order chi connectivity index (χ1) is 11.7. The van der Waals surface area contributed by atoms with Gasteiger partial charge < -0.3 is 5.32 Å². The van der Waals surface area contributed by atoms with Gasteiger partial charge in [0, 0.05) is 26.2 Å². The van der Waals surface area contributed by atoms with Crippen molar-refractivity contribution in [2.45, 2.75) is 17.7 Å². The van der Waals surface area contributed by atoms with E-state index < -0.39 is 15.8 Å². The van der Waals surface area contributed by atoms with E-state index in [9.17, 15) is 17.6 Å². The van der Waals surface area contributed by atoms with Crippen molar-refractivity contribution in [2.75, 3.05) is 19.4 Å². The molecule has 0 spiro atoms. The number of nitrogens with zero attached hydrogens (tertiary/aromatic N) is 1. The Balaban J connectivity index is 1.94. The molecule has 0 heterocycles. The van der Waals surface area contributed by atoms with E-state index in [1.165, 1.54) is 44.4 Å². The van der Waals surface area contributed by atoms with Crippen molar-refractivity contribution in [3.63, 3.8) is 0 Å². The molecule has 0 bridgehead atoms. The van der Waals surface area contributed by atoms with Crippen molar-refractivity contribution < 1.29 is 17.6 Å². The topological polar surface area (TPSA) is 66.5 Å². The van der Waals surface area contributed by atoms with Gasteiger partial charge in [-0.05, 0) is 42.3 Å². The number of hydrogen-bond donors (Lipinski definition) is 1. The minimum atomic E-state index is -3.46. The van der Waals surface area contributed by atoms with Crippen molar-refractivity contribution in [3.05, 3.63) is 58.9 Å². The molecule has 1 N–H and O–H groups in total. The van der Waals surface area contributed by atoms with Gasteiger partial charge >= 0.3 is 0 Å². The summed E-state index contributed by atoms with van der Waals surface area (Å²) in [5.41, 5.74) is 1.26. The lowest BCUT2D eigenvalue weighted by molar-refractivity contribution is -0.116. The summed E-state index contributed by atoms with van der Waals surface area (Å²) in [5.74, 6) is -0.792. The van der Waals surface area contributed by atoms with E-state index in [0.29, 0.717) is 12.1 Å². The van der Waals surface area contributed by atoms with Crippen LogP contribution in [0, 0.1) is 5.82 Å². The maximum absolute atomic E-state index is 13.1. The lowest BCUT2D eigenvalue weighted by Gasteiger charge is -2.11. The molecule has 2 rings (SSSR count). The third kappa shape index (κ3) is 5.01. The summed E-state index contributed by atoms with van der Waals surface area (Å²) < 4.78 is 38.2. The number of carbonyl (C=O) groups is 1. The SMILES string of the molecule is CN(C)S(=O)(=O)c1ccc(CCC(=O)Nc2ccc(F)c(Cl)c2)cc1. The van der Waals surface area contributed by atoms with Gasteiger partial charge in [0.15, 0.2) is 0 Å². The predicted molar refractivity (Wildman–Crippen MR) is 95.7 cm³/mol. The largest absolute Gasteiger partial charge is 0.326 e. The summed E-state index contributed by atoms with van der Waals surface area (Å²) in [5, 5.41) is 2.58. The zero-order valence-electron chi connectivity index (χ0n) is 13.8. The first-order valence-corrected chi connectivity index (χ1v) is 9.28. The van der Waals surface area contributed by atoms with Crippen molar-refractivity contribution in [3.8, 4) is 0 Å². The lowest BCUT2D eigenvalue weighted by Crippen LogP contribution is -2.22. The Hall–Kier alpha value is -1.96. The van der Waals surface area contributed by atoms with Crippen LogP contribution >= 0.6 is 11.6 Å². The summed E-state index contributed by atoms with van der Waals surface area (Å²) >= 11 is 5.67. The molecule has 25 heavy (non-hydrogen) atoms. The van der Waals surface area contributed by atoms with Crippen molar-refractivity contribution in [2.24, 2.45) is 0 Å². The monoisotopic (exact) mass is 384 g/mol. The molecule has 0 aliphatic heterocycles. The zero-order valence-corrected chi connectivity index (χ0v) is 15.4.